The van der Waals surface area contributed by atoms with Crippen molar-refractivity contribution >= 4 is 43.5 Å². The van der Waals surface area contributed by atoms with Crippen molar-refractivity contribution in [1.29, 1.82) is 0 Å². The van der Waals surface area contributed by atoms with Gasteiger partial charge in [-0.25, -0.2) is 13.4 Å². The summed E-state index contributed by atoms with van der Waals surface area (Å²) in [6, 6.07) is 7.78. The number of fused-ring (bicyclic) bond motifs is 1. The van der Waals surface area contributed by atoms with Crippen LogP contribution in [0.25, 0.3) is 10.2 Å². The zero-order chi connectivity index (χ0) is 19.8. The van der Waals surface area contributed by atoms with Gasteiger partial charge in [-0.3, -0.25) is 0 Å². The molecule has 2 aromatic rings. The normalized spacial score (nSPS) is 16.2. The van der Waals surface area contributed by atoms with E-state index >= 15 is 0 Å². The number of hydrogen-bond donors (Lipinski definition) is 0. The molecule has 0 amide bonds. The topological polar surface area (TPSA) is 50.3 Å². The fourth-order valence-electron chi connectivity index (χ4n) is 3.74. The Kier molecular flexibility index (Phi) is 8.63. The minimum absolute atomic E-state index is 0.107. The number of sulfonamides is 1. The lowest BCUT2D eigenvalue weighted by Crippen LogP contribution is -2.36. The molecule has 1 saturated carbocycles. The summed E-state index contributed by atoms with van der Waals surface area (Å²) in [5.74, 6) is 0.868. The van der Waals surface area contributed by atoms with Crippen molar-refractivity contribution in [2.75, 3.05) is 5.75 Å². The van der Waals surface area contributed by atoms with Gasteiger partial charge >= 0.3 is 0 Å². The number of para-hydroxylation sites is 1. The first-order chi connectivity index (χ1) is 13.6. The Morgan fingerprint density at radius 3 is 2.54 bits per heavy atom. The van der Waals surface area contributed by atoms with Crippen LogP contribution >= 0.6 is 23.3 Å². The number of unbranched alkanes of at least 4 members (excludes halogenated alkanes) is 5. The third-order valence-electron chi connectivity index (χ3n) is 5.32. The summed E-state index contributed by atoms with van der Waals surface area (Å²) in [4.78, 5) is 4.45. The second-order valence-electron chi connectivity index (χ2n) is 7.60. The molecule has 1 heterocycles. The van der Waals surface area contributed by atoms with E-state index in [9.17, 15) is 8.42 Å². The van der Waals surface area contributed by atoms with Crippen LogP contribution in [0.5, 0.6) is 0 Å². The molecule has 156 valence electrons. The van der Waals surface area contributed by atoms with Crippen LogP contribution in [0.3, 0.4) is 0 Å². The first kappa shape index (κ1) is 22.1. The molecule has 0 saturated heterocycles. The lowest BCUT2D eigenvalue weighted by atomic mass is 9.96. The monoisotopic (exact) mass is 440 g/mol. The van der Waals surface area contributed by atoms with E-state index in [1.807, 2.05) is 24.3 Å². The lowest BCUT2D eigenvalue weighted by Gasteiger charge is -2.31. The minimum atomic E-state index is -3.56. The van der Waals surface area contributed by atoms with Gasteiger partial charge in [0.05, 0.1) is 10.2 Å². The fourth-order valence-corrected chi connectivity index (χ4v) is 8.40. The van der Waals surface area contributed by atoms with Crippen LogP contribution in [0.1, 0.15) is 77.6 Å². The summed E-state index contributed by atoms with van der Waals surface area (Å²) >= 11 is 2.81. The molecule has 0 radical (unpaired) electrons. The van der Waals surface area contributed by atoms with Gasteiger partial charge in [0.25, 0.3) is 10.0 Å². The van der Waals surface area contributed by atoms with Gasteiger partial charge in [0, 0.05) is 11.8 Å². The summed E-state index contributed by atoms with van der Waals surface area (Å²) in [5.41, 5.74) is 0.774. The predicted octanol–water partition coefficient (Wildman–Crippen LogP) is 6.63. The molecule has 1 aromatic carbocycles. The average Bonchev–Trinajstić information content (AvgIpc) is 3.16. The second kappa shape index (κ2) is 11.0. The number of benzene rings is 1. The highest BCUT2D eigenvalue weighted by Gasteiger charge is 2.35. The zero-order valence-corrected chi connectivity index (χ0v) is 19.3. The molecule has 4 nitrogen and oxygen atoms in total. The van der Waals surface area contributed by atoms with Gasteiger partial charge in [-0.15, -0.1) is 15.0 Å². The molecule has 7 heteroatoms. The average molecular weight is 441 g/mol. The molecular weight excluding hydrogens is 408 g/mol. The summed E-state index contributed by atoms with van der Waals surface area (Å²) in [6.45, 7) is 2.23. The standard InChI is InChI=1S/C21H32N2O2S3/c1-2-3-4-5-6-12-17-26-23(18-13-8-7-9-14-18)28(24,25)21-22-19-15-10-11-16-20(19)27-21/h10-11,15-16,18H,2-9,12-14,17H2,1H3. The summed E-state index contributed by atoms with van der Waals surface area (Å²) < 4.78 is 29.8. The van der Waals surface area contributed by atoms with E-state index in [1.54, 1.807) is 3.71 Å². The Hall–Kier alpha value is -0.630. The Morgan fingerprint density at radius 2 is 1.79 bits per heavy atom. The highest BCUT2D eigenvalue weighted by molar-refractivity contribution is 8.09. The fraction of sp³-hybridized carbons (Fsp3) is 0.667. The molecule has 0 bridgehead atoms. The molecule has 0 unspecified atom stereocenters. The van der Waals surface area contributed by atoms with Gasteiger partial charge in [0.1, 0.15) is 0 Å². The van der Waals surface area contributed by atoms with Crippen LogP contribution in [0.15, 0.2) is 28.6 Å². The molecule has 28 heavy (non-hydrogen) atoms. The van der Waals surface area contributed by atoms with E-state index in [-0.39, 0.29) is 10.4 Å². The van der Waals surface area contributed by atoms with E-state index in [0.29, 0.717) is 0 Å². The van der Waals surface area contributed by atoms with Gasteiger partial charge in [-0.1, -0.05) is 82.4 Å². The lowest BCUT2D eigenvalue weighted by molar-refractivity contribution is 0.345. The molecule has 3 rings (SSSR count). The maximum absolute atomic E-state index is 13.5. The molecule has 1 aliphatic carbocycles. The summed E-state index contributed by atoms with van der Waals surface area (Å²) in [7, 11) is -3.56. The molecule has 0 N–H and O–H groups in total. The molecule has 0 atom stereocenters. The number of aromatic nitrogens is 1. The van der Waals surface area contributed by atoms with Crippen LogP contribution in [0.2, 0.25) is 0 Å². The maximum atomic E-state index is 13.5. The number of nitrogens with zero attached hydrogens (tertiary/aromatic N) is 2. The maximum Gasteiger partial charge on any atom is 0.279 e. The smallest absolute Gasteiger partial charge is 0.224 e. The van der Waals surface area contributed by atoms with E-state index in [0.717, 1.165) is 48.1 Å². The van der Waals surface area contributed by atoms with Crippen LogP contribution in [-0.4, -0.2) is 28.9 Å². The highest BCUT2D eigenvalue weighted by Crippen LogP contribution is 2.36. The third kappa shape index (κ3) is 5.71. The molecule has 0 aliphatic heterocycles. The first-order valence-electron chi connectivity index (χ1n) is 10.7. The third-order valence-corrected chi connectivity index (χ3v) is 10.3. The van der Waals surface area contributed by atoms with Gasteiger partial charge in [-0.2, -0.15) is 0 Å². The van der Waals surface area contributed by atoms with E-state index in [4.69, 9.17) is 0 Å². The van der Waals surface area contributed by atoms with E-state index < -0.39 is 10.0 Å². The van der Waals surface area contributed by atoms with Crippen molar-refractivity contribution in [3.05, 3.63) is 24.3 Å². The van der Waals surface area contributed by atoms with Gasteiger partial charge in [-0.05, 0) is 31.4 Å². The van der Waals surface area contributed by atoms with E-state index in [2.05, 4.69) is 11.9 Å². The van der Waals surface area contributed by atoms with Crippen molar-refractivity contribution in [3.8, 4) is 0 Å². The highest BCUT2D eigenvalue weighted by atomic mass is 32.3. The molecule has 1 aliphatic rings. The Labute approximate surface area is 178 Å². The van der Waals surface area contributed by atoms with Crippen LogP contribution < -0.4 is 0 Å². The molecule has 0 spiro atoms. The van der Waals surface area contributed by atoms with Crippen molar-refractivity contribution in [1.82, 2.24) is 8.69 Å². The van der Waals surface area contributed by atoms with Gasteiger partial charge < -0.3 is 0 Å². The van der Waals surface area contributed by atoms with Gasteiger partial charge in [0.15, 0.2) is 0 Å². The largest absolute Gasteiger partial charge is 0.279 e. The van der Waals surface area contributed by atoms with Crippen LogP contribution in [-0.2, 0) is 10.0 Å². The second-order valence-corrected chi connectivity index (χ2v) is 11.9. The van der Waals surface area contributed by atoms with Crippen molar-refractivity contribution in [2.24, 2.45) is 0 Å². The van der Waals surface area contributed by atoms with Crippen molar-refractivity contribution < 1.29 is 8.42 Å². The predicted molar refractivity (Wildman–Crippen MR) is 121 cm³/mol. The molecule has 1 fully saturated rings. The van der Waals surface area contributed by atoms with Crippen LogP contribution in [0, 0.1) is 0 Å². The number of hydrogen-bond acceptors (Lipinski definition) is 5. The van der Waals surface area contributed by atoms with Crippen molar-refractivity contribution in [2.45, 2.75) is 87.9 Å². The Morgan fingerprint density at radius 1 is 1.07 bits per heavy atom. The van der Waals surface area contributed by atoms with Crippen LogP contribution in [0.4, 0.5) is 0 Å². The quantitative estimate of drug-likeness (QED) is 0.291. The number of rotatable bonds is 11. The molecule has 1 aromatic heterocycles. The minimum Gasteiger partial charge on any atom is -0.224 e. The Bertz CT molecular complexity index is 796. The SMILES string of the molecule is CCCCCCCCSN(C1CCCCC1)S(=O)(=O)c1nc2ccccc2s1. The first-order valence-corrected chi connectivity index (χ1v) is 13.9. The molecular formula is C21H32N2O2S3. The van der Waals surface area contributed by atoms with Gasteiger partial charge in [0.2, 0.25) is 4.34 Å². The van der Waals surface area contributed by atoms with Crippen molar-refractivity contribution in [3.63, 3.8) is 0 Å². The summed E-state index contributed by atoms with van der Waals surface area (Å²) in [6.07, 6.45) is 12.7. The summed E-state index contributed by atoms with van der Waals surface area (Å²) in [5, 5.41) is 0. The number of thiazole rings is 1. The zero-order valence-electron chi connectivity index (χ0n) is 16.8. The van der Waals surface area contributed by atoms with E-state index in [1.165, 1.54) is 61.8 Å². The Balaban J connectivity index is 1.69.